The lowest BCUT2D eigenvalue weighted by Crippen LogP contribution is -2.46. The van der Waals surface area contributed by atoms with Crippen molar-refractivity contribution >= 4 is 20.0 Å². The van der Waals surface area contributed by atoms with Crippen LogP contribution in [0.2, 0.25) is 0 Å². The van der Waals surface area contributed by atoms with Gasteiger partial charge >= 0.3 is 0 Å². The van der Waals surface area contributed by atoms with Crippen molar-refractivity contribution in [3.05, 3.63) is 24.3 Å². The molecule has 1 atom stereocenters. The summed E-state index contributed by atoms with van der Waals surface area (Å²) in [6, 6.07) is 5.78. The first-order valence-corrected chi connectivity index (χ1v) is 11.4. The molecule has 1 aromatic carbocycles. The van der Waals surface area contributed by atoms with Gasteiger partial charge in [0.05, 0.1) is 9.79 Å². The smallest absolute Gasteiger partial charge is 0.243 e. The maximum absolute atomic E-state index is 12.9. The van der Waals surface area contributed by atoms with Crippen LogP contribution in [0.1, 0.15) is 26.7 Å². The van der Waals surface area contributed by atoms with Gasteiger partial charge in [0.15, 0.2) is 0 Å². The number of nitrogens with one attached hydrogen (secondary N) is 1. The van der Waals surface area contributed by atoms with Gasteiger partial charge in [-0.3, -0.25) is 0 Å². The zero-order valence-corrected chi connectivity index (χ0v) is 16.6. The second kappa shape index (κ2) is 8.13. The average Bonchev–Trinajstić information content (AvgIpc) is 2.62. The second-order valence-corrected chi connectivity index (χ2v) is 9.93. The van der Waals surface area contributed by atoms with Crippen LogP contribution in [0.4, 0.5) is 0 Å². The van der Waals surface area contributed by atoms with Gasteiger partial charge in [-0.1, -0.05) is 19.9 Å². The van der Waals surface area contributed by atoms with E-state index in [-0.39, 0.29) is 15.8 Å². The first-order chi connectivity index (χ1) is 11.8. The molecule has 25 heavy (non-hydrogen) atoms. The largest absolute Gasteiger partial charge is 0.316 e. The van der Waals surface area contributed by atoms with Crippen LogP contribution in [0.5, 0.6) is 0 Å². The molecule has 1 saturated heterocycles. The molecule has 2 rings (SSSR count). The van der Waals surface area contributed by atoms with Crippen molar-refractivity contribution in [2.45, 2.75) is 42.5 Å². The number of hydrogen-bond acceptors (Lipinski definition) is 5. The second-order valence-electron chi connectivity index (χ2n) is 6.06. The molecule has 0 amide bonds. The number of rotatable bonds is 7. The fraction of sp³-hybridized carbons (Fsp3) is 0.625. The highest BCUT2D eigenvalue weighted by Gasteiger charge is 2.31. The van der Waals surface area contributed by atoms with Crippen LogP contribution in [-0.2, 0) is 20.0 Å². The molecule has 1 unspecified atom stereocenters. The first kappa shape index (κ1) is 20.3. The lowest BCUT2D eigenvalue weighted by atomic mass is 10.1. The lowest BCUT2D eigenvalue weighted by molar-refractivity contribution is 0.293. The predicted octanol–water partition coefficient (Wildman–Crippen LogP) is 1.09. The van der Waals surface area contributed by atoms with E-state index < -0.39 is 20.0 Å². The summed E-state index contributed by atoms with van der Waals surface area (Å²) in [5.74, 6) is 0. The standard InChI is InChI=1S/C16H27N3O4S2/c1-4-18(5-2)24(20,21)15-9-6-10-16(12-15)25(22,23)19-11-7-8-14(13-19)17-3/h6,9-10,12,14,17H,4-5,7-8,11,13H2,1-3H3. The van der Waals surface area contributed by atoms with E-state index in [1.54, 1.807) is 13.8 Å². The number of benzene rings is 1. The summed E-state index contributed by atoms with van der Waals surface area (Å²) in [5, 5.41) is 3.11. The van der Waals surface area contributed by atoms with Crippen LogP contribution in [0.15, 0.2) is 34.1 Å². The van der Waals surface area contributed by atoms with Crippen molar-refractivity contribution in [3.8, 4) is 0 Å². The Morgan fingerprint density at radius 3 is 2.40 bits per heavy atom. The summed E-state index contributed by atoms with van der Waals surface area (Å²) >= 11 is 0. The minimum atomic E-state index is -3.72. The first-order valence-electron chi connectivity index (χ1n) is 8.55. The Balaban J connectivity index is 2.38. The van der Waals surface area contributed by atoms with E-state index in [2.05, 4.69) is 5.32 Å². The van der Waals surface area contributed by atoms with Crippen molar-refractivity contribution in [2.75, 3.05) is 33.2 Å². The SMILES string of the molecule is CCN(CC)S(=O)(=O)c1cccc(S(=O)(=O)N2CCCC(NC)C2)c1. The highest BCUT2D eigenvalue weighted by molar-refractivity contribution is 7.90. The Hall–Kier alpha value is -1.00. The van der Waals surface area contributed by atoms with E-state index >= 15 is 0 Å². The van der Waals surface area contributed by atoms with Crippen LogP contribution in [0.3, 0.4) is 0 Å². The third kappa shape index (κ3) is 4.22. The molecule has 0 aromatic heterocycles. The number of hydrogen-bond donors (Lipinski definition) is 1. The third-order valence-corrected chi connectivity index (χ3v) is 8.49. The average molecular weight is 390 g/mol. The van der Waals surface area contributed by atoms with E-state index in [4.69, 9.17) is 0 Å². The van der Waals surface area contributed by atoms with Crippen molar-refractivity contribution in [2.24, 2.45) is 0 Å². The molecule has 9 heteroatoms. The van der Waals surface area contributed by atoms with Gasteiger partial charge < -0.3 is 5.32 Å². The Kier molecular flexibility index (Phi) is 6.61. The van der Waals surface area contributed by atoms with Crippen LogP contribution < -0.4 is 5.32 Å². The van der Waals surface area contributed by atoms with E-state index in [1.165, 1.54) is 32.9 Å². The van der Waals surface area contributed by atoms with Crippen molar-refractivity contribution < 1.29 is 16.8 Å². The monoisotopic (exact) mass is 389 g/mol. The Morgan fingerprint density at radius 1 is 1.16 bits per heavy atom. The zero-order chi connectivity index (χ0) is 18.7. The minimum Gasteiger partial charge on any atom is -0.316 e. The normalized spacial score (nSPS) is 20.1. The molecular weight excluding hydrogens is 362 g/mol. The molecule has 0 bridgehead atoms. The van der Waals surface area contributed by atoms with Gasteiger partial charge in [-0.15, -0.1) is 0 Å². The summed E-state index contributed by atoms with van der Waals surface area (Å²) in [4.78, 5) is 0.0388. The van der Waals surface area contributed by atoms with E-state index in [9.17, 15) is 16.8 Å². The molecule has 0 saturated carbocycles. The maximum Gasteiger partial charge on any atom is 0.243 e. The van der Waals surface area contributed by atoms with Crippen LogP contribution in [-0.4, -0.2) is 64.7 Å². The highest BCUT2D eigenvalue weighted by Crippen LogP contribution is 2.24. The fourth-order valence-corrected chi connectivity index (χ4v) is 6.20. The molecule has 1 aliphatic heterocycles. The molecule has 142 valence electrons. The van der Waals surface area contributed by atoms with E-state index in [1.807, 2.05) is 7.05 Å². The van der Waals surface area contributed by atoms with Crippen molar-refractivity contribution in [1.29, 1.82) is 0 Å². The summed E-state index contributed by atoms with van der Waals surface area (Å²) in [6.45, 7) is 5.04. The molecule has 1 N–H and O–H groups in total. The minimum absolute atomic E-state index is 0.0134. The number of likely N-dealkylation sites (N-methyl/N-ethyl adjacent to an activating group) is 1. The van der Waals surface area contributed by atoms with E-state index in [0.29, 0.717) is 26.2 Å². The fourth-order valence-electron chi connectivity index (χ4n) is 3.05. The number of piperidine rings is 1. The van der Waals surface area contributed by atoms with Crippen LogP contribution in [0, 0.1) is 0 Å². The maximum atomic E-state index is 12.9. The highest BCUT2D eigenvalue weighted by atomic mass is 32.2. The molecule has 1 aromatic rings. The third-order valence-electron chi connectivity index (χ3n) is 4.58. The number of nitrogens with zero attached hydrogens (tertiary/aromatic N) is 2. The Labute approximate surface area is 151 Å². The van der Waals surface area contributed by atoms with Gasteiger partial charge in [0, 0.05) is 32.2 Å². The van der Waals surface area contributed by atoms with Gasteiger partial charge in [0.2, 0.25) is 20.0 Å². The molecular formula is C16H27N3O4S2. The Bertz CT molecular complexity index is 789. The molecule has 1 heterocycles. The summed E-state index contributed by atoms with van der Waals surface area (Å²) in [5.41, 5.74) is 0. The zero-order valence-electron chi connectivity index (χ0n) is 15.0. The molecule has 0 aliphatic carbocycles. The lowest BCUT2D eigenvalue weighted by Gasteiger charge is -2.31. The molecule has 1 aliphatic rings. The summed E-state index contributed by atoms with van der Waals surface area (Å²) in [7, 11) is -5.59. The van der Waals surface area contributed by atoms with Gasteiger partial charge in [-0.25, -0.2) is 16.8 Å². The van der Waals surface area contributed by atoms with Gasteiger partial charge in [0.25, 0.3) is 0 Å². The molecule has 0 spiro atoms. The van der Waals surface area contributed by atoms with Crippen molar-refractivity contribution in [3.63, 3.8) is 0 Å². The van der Waals surface area contributed by atoms with Gasteiger partial charge in [0.1, 0.15) is 0 Å². The molecule has 1 fully saturated rings. The predicted molar refractivity (Wildman–Crippen MR) is 97.4 cm³/mol. The van der Waals surface area contributed by atoms with Crippen LogP contribution in [0.25, 0.3) is 0 Å². The van der Waals surface area contributed by atoms with E-state index in [0.717, 1.165) is 12.8 Å². The van der Waals surface area contributed by atoms with Crippen molar-refractivity contribution in [1.82, 2.24) is 13.9 Å². The van der Waals surface area contributed by atoms with Gasteiger partial charge in [-0.05, 0) is 38.1 Å². The molecule has 0 radical (unpaired) electrons. The number of sulfonamides is 2. The summed E-state index contributed by atoms with van der Waals surface area (Å²) in [6.07, 6.45) is 1.71. The Morgan fingerprint density at radius 2 is 1.80 bits per heavy atom. The topological polar surface area (TPSA) is 86.8 Å². The quantitative estimate of drug-likeness (QED) is 0.754. The van der Waals surface area contributed by atoms with Crippen LogP contribution >= 0.6 is 0 Å². The van der Waals surface area contributed by atoms with Gasteiger partial charge in [-0.2, -0.15) is 8.61 Å². The molecule has 7 nitrogen and oxygen atoms in total. The summed E-state index contributed by atoms with van der Waals surface area (Å²) < 4.78 is 53.9.